The van der Waals surface area contributed by atoms with Crippen LogP contribution in [-0.2, 0) is 4.79 Å². The number of likely N-dealkylation sites (tertiary alicyclic amines) is 1. The molecule has 0 unspecified atom stereocenters. The summed E-state index contributed by atoms with van der Waals surface area (Å²) < 4.78 is 0. The Kier molecular flexibility index (Phi) is 6.14. The average molecular weight is 467 g/mol. The van der Waals surface area contributed by atoms with Gasteiger partial charge in [-0.1, -0.05) is 48.5 Å². The van der Waals surface area contributed by atoms with Gasteiger partial charge in [0.2, 0.25) is 5.91 Å². The molecule has 2 N–H and O–H groups in total. The maximum absolute atomic E-state index is 13.2. The fourth-order valence-corrected chi connectivity index (χ4v) is 4.63. The van der Waals surface area contributed by atoms with Crippen LogP contribution in [0.2, 0.25) is 0 Å². The fraction of sp³-hybridized carbons (Fsp3) is 0.214. The second-order valence-electron chi connectivity index (χ2n) is 8.90. The van der Waals surface area contributed by atoms with Crippen LogP contribution in [-0.4, -0.2) is 39.8 Å². The number of rotatable bonds is 4. The Balaban J connectivity index is 1.24. The third-order valence-electron chi connectivity index (χ3n) is 6.45. The van der Waals surface area contributed by atoms with Gasteiger partial charge >= 0.3 is 0 Å². The quantitative estimate of drug-likeness (QED) is 0.466. The van der Waals surface area contributed by atoms with E-state index in [0.29, 0.717) is 48.7 Å². The minimum atomic E-state index is -0.216. The number of piperidine rings is 1. The van der Waals surface area contributed by atoms with Crippen molar-refractivity contribution in [2.45, 2.75) is 19.8 Å². The number of aromatic nitrogens is 2. The van der Waals surface area contributed by atoms with Crippen molar-refractivity contribution >= 4 is 28.3 Å². The van der Waals surface area contributed by atoms with Crippen LogP contribution in [0.4, 0.5) is 5.69 Å². The lowest BCUT2D eigenvalue weighted by molar-refractivity contribution is -0.121. The summed E-state index contributed by atoms with van der Waals surface area (Å²) in [7, 11) is 0. The van der Waals surface area contributed by atoms with Gasteiger partial charge in [0.05, 0.1) is 0 Å². The Labute approximate surface area is 202 Å². The molecule has 0 bridgehead atoms. The van der Waals surface area contributed by atoms with E-state index in [1.165, 1.54) is 6.07 Å². The molecule has 0 atom stereocenters. The summed E-state index contributed by atoms with van der Waals surface area (Å²) in [5.41, 5.74) is 2.48. The lowest BCUT2D eigenvalue weighted by atomic mass is 9.94. The largest absolute Gasteiger partial charge is 0.339 e. The van der Waals surface area contributed by atoms with Crippen LogP contribution in [0.3, 0.4) is 0 Å². The minimum absolute atomic E-state index is 0.00741. The highest BCUT2D eigenvalue weighted by Crippen LogP contribution is 2.25. The number of carbonyl (C=O) groups is 2. The van der Waals surface area contributed by atoms with Crippen molar-refractivity contribution in [3.8, 4) is 11.4 Å². The molecule has 3 aromatic carbocycles. The molecule has 35 heavy (non-hydrogen) atoms. The topological polar surface area (TPSA) is 95.2 Å². The van der Waals surface area contributed by atoms with Gasteiger partial charge in [0.1, 0.15) is 5.82 Å². The zero-order chi connectivity index (χ0) is 24.4. The van der Waals surface area contributed by atoms with Crippen molar-refractivity contribution in [2.75, 3.05) is 18.4 Å². The molecule has 1 aromatic heterocycles. The van der Waals surface area contributed by atoms with Crippen molar-refractivity contribution in [3.63, 3.8) is 0 Å². The molecule has 1 aliphatic rings. The molecule has 176 valence electrons. The second kappa shape index (κ2) is 9.54. The summed E-state index contributed by atoms with van der Waals surface area (Å²) in [6, 6.07) is 22.4. The van der Waals surface area contributed by atoms with Gasteiger partial charge in [-0.15, -0.1) is 0 Å². The van der Waals surface area contributed by atoms with Crippen LogP contribution in [0, 0.1) is 12.8 Å². The Bertz CT molecular complexity index is 1460. The number of aromatic amines is 1. The molecule has 2 heterocycles. The van der Waals surface area contributed by atoms with E-state index >= 15 is 0 Å². The first-order chi connectivity index (χ1) is 17.0. The number of nitrogens with zero attached hydrogens (tertiary/aromatic N) is 2. The van der Waals surface area contributed by atoms with E-state index in [1.54, 1.807) is 13.0 Å². The Morgan fingerprint density at radius 3 is 2.51 bits per heavy atom. The van der Waals surface area contributed by atoms with E-state index < -0.39 is 0 Å². The fourth-order valence-electron chi connectivity index (χ4n) is 4.63. The number of nitrogens with one attached hydrogen (secondary N) is 2. The number of aryl methyl sites for hydroxylation is 1. The van der Waals surface area contributed by atoms with Crippen LogP contribution < -0.4 is 10.9 Å². The maximum Gasteiger partial charge on any atom is 0.254 e. The summed E-state index contributed by atoms with van der Waals surface area (Å²) in [4.78, 5) is 46.9. The monoisotopic (exact) mass is 466 g/mol. The molecule has 1 saturated heterocycles. The number of anilines is 1. The van der Waals surface area contributed by atoms with Gasteiger partial charge in [-0.25, -0.2) is 4.98 Å². The second-order valence-corrected chi connectivity index (χ2v) is 8.90. The Hall–Kier alpha value is -4.26. The average Bonchev–Trinajstić information content (AvgIpc) is 2.87. The first kappa shape index (κ1) is 22.5. The van der Waals surface area contributed by atoms with Crippen molar-refractivity contribution in [1.29, 1.82) is 0 Å². The smallest absolute Gasteiger partial charge is 0.254 e. The van der Waals surface area contributed by atoms with Crippen molar-refractivity contribution in [2.24, 2.45) is 5.92 Å². The van der Waals surface area contributed by atoms with Crippen LogP contribution in [0.25, 0.3) is 22.2 Å². The van der Waals surface area contributed by atoms with Crippen molar-refractivity contribution in [1.82, 2.24) is 14.9 Å². The summed E-state index contributed by atoms with van der Waals surface area (Å²) in [5.74, 6) is 0.233. The highest BCUT2D eigenvalue weighted by molar-refractivity contribution is 6.07. The number of carbonyl (C=O) groups excluding carboxylic acids is 2. The van der Waals surface area contributed by atoms with E-state index in [4.69, 9.17) is 0 Å². The highest BCUT2D eigenvalue weighted by atomic mass is 16.2. The molecular weight excluding hydrogens is 440 g/mol. The van der Waals surface area contributed by atoms with E-state index in [9.17, 15) is 14.4 Å². The van der Waals surface area contributed by atoms with Crippen molar-refractivity contribution < 1.29 is 9.59 Å². The number of fused-ring (bicyclic) bond motifs is 1. The standard InChI is InChI=1S/C28H26N4O3/c1-18-16-25(33)31-26(29-18)21-8-4-9-22(17-21)30-27(34)20-12-14-32(15-13-20)28(35)24-11-5-7-19-6-2-3-10-23(19)24/h2-11,16-17,20H,12-15H2,1H3,(H,30,34)(H,29,31,33). The predicted octanol–water partition coefficient (Wildman–Crippen LogP) is 4.39. The molecule has 4 aromatic rings. The zero-order valence-electron chi connectivity index (χ0n) is 19.5. The van der Waals surface area contributed by atoms with Gasteiger partial charge in [-0.2, -0.15) is 0 Å². The minimum Gasteiger partial charge on any atom is -0.339 e. The number of hydrogen-bond donors (Lipinski definition) is 2. The SMILES string of the molecule is Cc1cc(=O)[nH]c(-c2cccc(NC(=O)C3CCN(C(=O)c4cccc5ccccc45)CC3)c2)n1. The number of H-pyrrole nitrogens is 1. The first-order valence-corrected chi connectivity index (χ1v) is 11.7. The van der Waals surface area contributed by atoms with Crippen molar-refractivity contribution in [3.05, 3.63) is 94.4 Å². The van der Waals surface area contributed by atoms with E-state index in [-0.39, 0.29) is 23.3 Å². The molecule has 2 amide bonds. The molecule has 0 aliphatic carbocycles. The number of hydrogen-bond acceptors (Lipinski definition) is 4. The van der Waals surface area contributed by atoms with Crippen LogP contribution in [0.1, 0.15) is 28.9 Å². The summed E-state index contributed by atoms with van der Waals surface area (Å²) in [6.07, 6.45) is 1.21. The van der Waals surface area contributed by atoms with Gasteiger partial charge in [-0.05, 0) is 48.7 Å². The van der Waals surface area contributed by atoms with E-state index in [0.717, 1.165) is 16.3 Å². The van der Waals surface area contributed by atoms with E-state index in [1.807, 2.05) is 65.6 Å². The zero-order valence-corrected chi connectivity index (χ0v) is 19.5. The van der Waals surface area contributed by atoms with Gasteiger partial charge in [0.15, 0.2) is 0 Å². The third kappa shape index (κ3) is 4.84. The molecule has 0 saturated carbocycles. The predicted molar refractivity (Wildman–Crippen MR) is 136 cm³/mol. The normalized spacial score (nSPS) is 14.1. The molecule has 0 spiro atoms. The maximum atomic E-state index is 13.2. The molecule has 0 radical (unpaired) electrons. The Morgan fingerprint density at radius 2 is 1.71 bits per heavy atom. The molecule has 1 aliphatic heterocycles. The van der Waals surface area contributed by atoms with Crippen LogP contribution >= 0.6 is 0 Å². The lowest BCUT2D eigenvalue weighted by Crippen LogP contribution is -2.41. The Morgan fingerprint density at radius 1 is 0.971 bits per heavy atom. The lowest BCUT2D eigenvalue weighted by Gasteiger charge is -2.31. The molecule has 1 fully saturated rings. The third-order valence-corrected chi connectivity index (χ3v) is 6.45. The summed E-state index contributed by atoms with van der Waals surface area (Å²) >= 11 is 0. The van der Waals surface area contributed by atoms with Gasteiger partial charge in [0, 0.05) is 47.6 Å². The molecular formula is C28H26N4O3. The summed E-state index contributed by atoms with van der Waals surface area (Å²) in [6.45, 7) is 2.84. The molecule has 5 rings (SSSR count). The van der Waals surface area contributed by atoms with Crippen LogP contribution in [0.15, 0.2) is 77.6 Å². The number of benzene rings is 3. The van der Waals surface area contributed by atoms with Gasteiger partial charge in [-0.3, -0.25) is 14.4 Å². The summed E-state index contributed by atoms with van der Waals surface area (Å²) in [5, 5.41) is 4.98. The molecule has 7 heteroatoms. The first-order valence-electron chi connectivity index (χ1n) is 11.7. The van der Waals surface area contributed by atoms with Gasteiger partial charge in [0.25, 0.3) is 11.5 Å². The van der Waals surface area contributed by atoms with Gasteiger partial charge < -0.3 is 15.2 Å². The molecule has 7 nitrogen and oxygen atoms in total. The number of amides is 2. The van der Waals surface area contributed by atoms with Crippen LogP contribution in [0.5, 0.6) is 0 Å². The van der Waals surface area contributed by atoms with E-state index in [2.05, 4.69) is 15.3 Å². The highest BCUT2D eigenvalue weighted by Gasteiger charge is 2.28.